The van der Waals surface area contributed by atoms with E-state index in [1.54, 1.807) is 36.3 Å². The number of hydrogen-bond donors (Lipinski definition) is 1. The molecule has 0 spiro atoms. The molecule has 1 aliphatic rings. The Morgan fingerprint density at radius 3 is 2.87 bits per heavy atom. The summed E-state index contributed by atoms with van der Waals surface area (Å²) >= 11 is 0. The third kappa shape index (κ3) is 4.03. The monoisotopic (exact) mass is 410 g/mol. The van der Waals surface area contributed by atoms with Crippen LogP contribution >= 0.6 is 0 Å². The Morgan fingerprint density at radius 1 is 1.27 bits per heavy atom. The molecule has 10 heteroatoms. The molecular weight excluding hydrogens is 391 g/mol. The summed E-state index contributed by atoms with van der Waals surface area (Å²) in [6.45, 7) is 0.855. The van der Waals surface area contributed by atoms with Gasteiger partial charge >= 0.3 is 0 Å². The summed E-state index contributed by atoms with van der Waals surface area (Å²) in [5.41, 5.74) is 0.757. The van der Waals surface area contributed by atoms with Crippen LogP contribution in [0.3, 0.4) is 0 Å². The van der Waals surface area contributed by atoms with Crippen LogP contribution in [0.1, 0.15) is 0 Å². The molecule has 0 saturated carbocycles. The van der Waals surface area contributed by atoms with Gasteiger partial charge in [0.2, 0.25) is 5.95 Å². The highest BCUT2D eigenvalue weighted by Crippen LogP contribution is 2.20. The number of aromatic nitrogens is 4. The quantitative estimate of drug-likeness (QED) is 0.690. The van der Waals surface area contributed by atoms with Gasteiger partial charge in [-0.1, -0.05) is 12.1 Å². The van der Waals surface area contributed by atoms with Crippen LogP contribution in [-0.2, 0) is 16.6 Å². The van der Waals surface area contributed by atoms with Gasteiger partial charge in [-0.3, -0.25) is 14.2 Å². The number of carbonyl (C=O) groups excluding carboxylic acids is 1. The molecule has 154 valence electrons. The van der Waals surface area contributed by atoms with Crippen molar-refractivity contribution in [1.82, 2.24) is 19.5 Å². The summed E-state index contributed by atoms with van der Waals surface area (Å²) in [6.07, 6.45) is 2.10. The van der Waals surface area contributed by atoms with E-state index in [2.05, 4.69) is 20.3 Å². The van der Waals surface area contributed by atoms with Crippen molar-refractivity contribution in [3.8, 4) is 11.4 Å². The van der Waals surface area contributed by atoms with Gasteiger partial charge in [0.25, 0.3) is 11.5 Å². The summed E-state index contributed by atoms with van der Waals surface area (Å²) in [5.74, 6) is -0.606. The van der Waals surface area contributed by atoms with Gasteiger partial charge in [0.1, 0.15) is 12.1 Å². The van der Waals surface area contributed by atoms with E-state index in [-0.39, 0.29) is 24.4 Å². The molecule has 1 atom stereocenters. The molecule has 9 nitrogen and oxygen atoms in total. The molecule has 1 saturated heterocycles. The molecule has 30 heavy (non-hydrogen) atoms. The first kappa shape index (κ1) is 19.6. The average Bonchev–Trinajstić information content (AvgIpc) is 2.78. The Morgan fingerprint density at radius 2 is 2.10 bits per heavy atom. The molecule has 0 radical (unpaired) electrons. The Bertz CT molecular complexity index is 1120. The summed E-state index contributed by atoms with van der Waals surface area (Å²) in [5, 5.41) is 2.54. The highest BCUT2D eigenvalue weighted by Gasteiger charge is 2.29. The second kappa shape index (κ2) is 8.37. The van der Waals surface area contributed by atoms with E-state index in [9.17, 15) is 14.0 Å². The summed E-state index contributed by atoms with van der Waals surface area (Å²) in [7, 11) is 1.61. The number of anilines is 2. The van der Waals surface area contributed by atoms with Crippen LogP contribution in [0.2, 0.25) is 0 Å². The summed E-state index contributed by atoms with van der Waals surface area (Å²) in [6, 6.07) is 8.97. The highest BCUT2D eigenvalue weighted by molar-refractivity contribution is 5.94. The molecular formula is C20H19FN6O3. The number of carbonyl (C=O) groups is 1. The minimum absolute atomic E-state index is 0.0829. The summed E-state index contributed by atoms with van der Waals surface area (Å²) in [4.78, 5) is 39.4. The lowest BCUT2D eigenvalue weighted by atomic mass is 10.2. The van der Waals surface area contributed by atoms with Gasteiger partial charge < -0.3 is 15.0 Å². The maximum atomic E-state index is 13.8. The molecule has 3 aromatic rings. The van der Waals surface area contributed by atoms with Crippen LogP contribution in [0, 0.1) is 5.82 Å². The van der Waals surface area contributed by atoms with Crippen molar-refractivity contribution < 1.29 is 13.9 Å². The predicted octanol–water partition coefficient (Wildman–Crippen LogP) is 1.22. The van der Waals surface area contributed by atoms with E-state index in [1.165, 1.54) is 29.1 Å². The van der Waals surface area contributed by atoms with Gasteiger partial charge in [-0.15, -0.1) is 0 Å². The van der Waals surface area contributed by atoms with E-state index >= 15 is 0 Å². The van der Waals surface area contributed by atoms with Crippen molar-refractivity contribution >= 4 is 17.5 Å². The van der Waals surface area contributed by atoms with Crippen molar-refractivity contribution in [2.75, 3.05) is 29.9 Å². The SMILES string of the molecule is Cn1c(N2CCOC(C(=O)Nc3ccccc3F)C2)nc(-c2ccncn2)cc1=O. The lowest BCUT2D eigenvalue weighted by molar-refractivity contribution is -0.128. The van der Waals surface area contributed by atoms with Gasteiger partial charge in [0.15, 0.2) is 6.10 Å². The number of amides is 1. The number of benzene rings is 1. The zero-order chi connectivity index (χ0) is 21.1. The third-order valence-electron chi connectivity index (χ3n) is 4.73. The van der Waals surface area contributed by atoms with Gasteiger partial charge in [-0.05, 0) is 18.2 Å². The van der Waals surface area contributed by atoms with Crippen molar-refractivity contribution in [1.29, 1.82) is 0 Å². The van der Waals surface area contributed by atoms with Crippen molar-refractivity contribution in [3.05, 3.63) is 65.1 Å². The molecule has 1 unspecified atom stereocenters. The van der Waals surface area contributed by atoms with E-state index in [0.717, 1.165) is 0 Å². The molecule has 1 amide bonds. The van der Waals surface area contributed by atoms with Crippen molar-refractivity contribution in [3.63, 3.8) is 0 Å². The largest absolute Gasteiger partial charge is 0.365 e. The van der Waals surface area contributed by atoms with E-state index in [1.807, 2.05) is 0 Å². The molecule has 1 N–H and O–H groups in total. The molecule has 1 aromatic carbocycles. The zero-order valence-electron chi connectivity index (χ0n) is 16.2. The maximum Gasteiger partial charge on any atom is 0.255 e. The Labute approximate surface area is 171 Å². The van der Waals surface area contributed by atoms with Crippen LogP contribution in [0.5, 0.6) is 0 Å². The fourth-order valence-corrected chi connectivity index (χ4v) is 3.15. The van der Waals surface area contributed by atoms with E-state index in [0.29, 0.717) is 23.9 Å². The number of nitrogens with one attached hydrogen (secondary N) is 1. The molecule has 4 rings (SSSR count). The lowest BCUT2D eigenvalue weighted by Gasteiger charge is -2.33. The predicted molar refractivity (Wildman–Crippen MR) is 107 cm³/mol. The number of nitrogens with zero attached hydrogens (tertiary/aromatic N) is 5. The Hall–Kier alpha value is -3.66. The fraction of sp³-hybridized carbons (Fsp3) is 0.250. The third-order valence-corrected chi connectivity index (χ3v) is 4.73. The number of halogens is 1. The average molecular weight is 410 g/mol. The van der Waals surface area contributed by atoms with Crippen LogP contribution in [0.15, 0.2) is 53.7 Å². The van der Waals surface area contributed by atoms with E-state index in [4.69, 9.17) is 4.74 Å². The molecule has 1 fully saturated rings. The van der Waals surface area contributed by atoms with Crippen LogP contribution in [-0.4, -0.2) is 51.2 Å². The first-order valence-electron chi connectivity index (χ1n) is 9.29. The minimum Gasteiger partial charge on any atom is -0.365 e. The smallest absolute Gasteiger partial charge is 0.255 e. The molecule has 3 heterocycles. The van der Waals surface area contributed by atoms with Gasteiger partial charge in [-0.2, -0.15) is 0 Å². The Balaban J connectivity index is 1.57. The topological polar surface area (TPSA) is 102 Å². The van der Waals surface area contributed by atoms with Gasteiger partial charge in [-0.25, -0.2) is 19.3 Å². The second-order valence-corrected chi connectivity index (χ2v) is 6.71. The summed E-state index contributed by atoms with van der Waals surface area (Å²) < 4.78 is 20.8. The maximum absolute atomic E-state index is 13.8. The van der Waals surface area contributed by atoms with E-state index < -0.39 is 17.8 Å². The molecule has 2 aromatic heterocycles. The molecule has 1 aliphatic heterocycles. The minimum atomic E-state index is -0.849. The lowest BCUT2D eigenvalue weighted by Crippen LogP contribution is -2.49. The normalized spacial score (nSPS) is 16.3. The number of para-hydroxylation sites is 1. The second-order valence-electron chi connectivity index (χ2n) is 6.71. The Kier molecular flexibility index (Phi) is 5.48. The number of ether oxygens (including phenoxy) is 1. The first-order valence-corrected chi connectivity index (χ1v) is 9.29. The zero-order valence-corrected chi connectivity index (χ0v) is 16.2. The number of hydrogen-bond acceptors (Lipinski definition) is 7. The van der Waals surface area contributed by atoms with Crippen LogP contribution in [0.4, 0.5) is 16.0 Å². The fourth-order valence-electron chi connectivity index (χ4n) is 3.15. The van der Waals surface area contributed by atoms with Crippen LogP contribution in [0.25, 0.3) is 11.4 Å². The van der Waals surface area contributed by atoms with Crippen molar-refractivity contribution in [2.45, 2.75) is 6.10 Å². The number of morpholine rings is 1. The number of rotatable bonds is 4. The van der Waals surface area contributed by atoms with Crippen LogP contribution < -0.4 is 15.8 Å². The van der Waals surface area contributed by atoms with Crippen molar-refractivity contribution in [2.24, 2.45) is 7.05 Å². The first-order chi connectivity index (χ1) is 14.5. The molecule has 0 aliphatic carbocycles. The van der Waals surface area contributed by atoms with Gasteiger partial charge in [0, 0.05) is 25.9 Å². The molecule has 0 bridgehead atoms. The van der Waals surface area contributed by atoms with Gasteiger partial charge in [0.05, 0.1) is 30.2 Å². The highest BCUT2D eigenvalue weighted by atomic mass is 19.1. The standard InChI is InChI=1S/C20H19FN6O3/c1-26-18(28)10-16(15-6-7-22-12-23-15)25-20(26)27-8-9-30-17(11-27)19(29)24-14-5-3-2-4-13(14)21/h2-7,10,12,17H,8-9,11H2,1H3,(H,24,29).